The molecular weight excluding hydrogens is 134 g/mol. The van der Waals surface area contributed by atoms with Gasteiger partial charge in [-0.1, -0.05) is 24.8 Å². The predicted octanol–water partition coefficient (Wildman–Crippen LogP) is 2.59. The highest BCUT2D eigenvalue weighted by Gasteiger charge is 1.86. The van der Waals surface area contributed by atoms with Gasteiger partial charge in [0.2, 0.25) is 0 Å². The van der Waals surface area contributed by atoms with Crippen molar-refractivity contribution in [2.24, 2.45) is 0 Å². The summed E-state index contributed by atoms with van der Waals surface area (Å²) in [5.41, 5.74) is 2.01. The van der Waals surface area contributed by atoms with Crippen molar-refractivity contribution in [1.82, 2.24) is 4.98 Å². The Kier molecular flexibility index (Phi) is 2.61. The zero-order chi connectivity index (χ0) is 8.10. The first-order chi connectivity index (χ1) is 5.33. The van der Waals surface area contributed by atoms with Crippen molar-refractivity contribution in [3.63, 3.8) is 0 Å². The van der Waals surface area contributed by atoms with Crippen molar-refractivity contribution in [2.75, 3.05) is 0 Å². The van der Waals surface area contributed by atoms with E-state index >= 15 is 0 Å². The van der Waals surface area contributed by atoms with Crippen LogP contribution in [0.25, 0.3) is 6.08 Å². The average Bonchev–Trinajstić information content (AvgIpc) is 2.01. The zero-order valence-corrected chi connectivity index (χ0v) is 6.62. The van der Waals surface area contributed by atoms with Crippen LogP contribution in [0.1, 0.15) is 11.4 Å². The van der Waals surface area contributed by atoms with E-state index in [-0.39, 0.29) is 0 Å². The van der Waals surface area contributed by atoms with Crippen LogP contribution in [-0.4, -0.2) is 4.98 Å². The summed E-state index contributed by atoms with van der Waals surface area (Å²) in [6, 6.07) is 5.93. The quantitative estimate of drug-likeness (QED) is 0.583. The molecule has 0 aliphatic rings. The second-order valence-corrected chi connectivity index (χ2v) is 2.30. The Labute approximate surface area is 67.1 Å². The summed E-state index contributed by atoms with van der Waals surface area (Å²) in [4.78, 5) is 4.28. The zero-order valence-electron chi connectivity index (χ0n) is 6.62. The van der Waals surface area contributed by atoms with Crippen LogP contribution in [-0.2, 0) is 0 Å². The van der Waals surface area contributed by atoms with Gasteiger partial charge in [-0.2, -0.15) is 0 Å². The van der Waals surface area contributed by atoms with E-state index in [1.807, 2.05) is 37.3 Å². The fourth-order valence-corrected chi connectivity index (χ4v) is 0.824. The molecule has 0 aliphatic carbocycles. The molecule has 0 unspecified atom stereocenters. The molecule has 0 atom stereocenters. The van der Waals surface area contributed by atoms with E-state index in [9.17, 15) is 0 Å². The molecule has 1 aromatic heterocycles. The summed E-state index contributed by atoms with van der Waals surface area (Å²) in [7, 11) is 0. The summed E-state index contributed by atoms with van der Waals surface area (Å²) < 4.78 is 0. The van der Waals surface area contributed by atoms with Gasteiger partial charge in [0.25, 0.3) is 0 Å². The van der Waals surface area contributed by atoms with Crippen LogP contribution < -0.4 is 0 Å². The van der Waals surface area contributed by atoms with Crippen LogP contribution >= 0.6 is 0 Å². The second-order valence-electron chi connectivity index (χ2n) is 2.30. The summed E-state index contributed by atoms with van der Waals surface area (Å²) in [6.45, 7) is 5.56. The number of hydrogen-bond donors (Lipinski definition) is 0. The standard InChI is InChI=1S/C10H11N/c1-3-4-7-10-8-5-6-9(2)11-10/h3-8H,1H2,2H3/b7-4+. The molecule has 1 heterocycles. The molecule has 0 saturated carbocycles. The van der Waals surface area contributed by atoms with Crippen molar-refractivity contribution in [3.8, 4) is 0 Å². The Morgan fingerprint density at radius 2 is 2.27 bits per heavy atom. The lowest BCUT2D eigenvalue weighted by molar-refractivity contribution is 1.18. The monoisotopic (exact) mass is 145 g/mol. The summed E-state index contributed by atoms with van der Waals surface area (Å²) in [6.07, 6.45) is 5.55. The van der Waals surface area contributed by atoms with E-state index in [2.05, 4.69) is 11.6 Å². The van der Waals surface area contributed by atoms with Crippen molar-refractivity contribution in [3.05, 3.63) is 48.3 Å². The van der Waals surface area contributed by atoms with Gasteiger partial charge in [0.15, 0.2) is 0 Å². The van der Waals surface area contributed by atoms with Crippen molar-refractivity contribution in [2.45, 2.75) is 6.92 Å². The highest BCUT2D eigenvalue weighted by Crippen LogP contribution is 1.99. The second kappa shape index (κ2) is 3.71. The fourth-order valence-electron chi connectivity index (χ4n) is 0.824. The third-order valence-corrected chi connectivity index (χ3v) is 1.31. The maximum Gasteiger partial charge on any atom is 0.0632 e. The third kappa shape index (κ3) is 2.38. The molecule has 0 bridgehead atoms. The molecule has 0 N–H and O–H groups in total. The highest BCUT2D eigenvalue weighted by atomic mass is 14.7. The number of hydrogen-bond acceptors (Lipinski definition) is 1. The number of rotatable bonds is 2. The van der Waals surface area contributed by atoms with Crippen LogP contribution in [0.3, 0.4) is 0 Å². The fraction of sp³-hybridized carbons (Fsp3) is 0.100. The lowest BCUT2D eigenvalue weighted by Gasteiger charge is -1.92. The number of allylic oxidation sites excluding steroid dienone is 2. The van der Waals surface area contributed by atoms with Crippen LogP contribution in [0, 0.1) is 6.92 Å². The molecule has 1 rings (SSSR count). The Morgan fingerprint density at radius 3 is 2.91 bits per heavy atom. The first-order valence-corrected chi connectivity index (χ1v) is 3.55. The van der Waals surface area contributed by atoms with Crippen LogP contribution in [0.2, 0.25) is 0 Å². The molecule has 0 amide bonds. The van der Waals surface area contributed by atoms with Crippen LogP contribution in [0.4, 0.5) is 0 Å². The average molecular weight is 145 g/mol. The van der Waals surface area contributed by atoms with Gasteiger partial charge in [0.05, 0.1) is 5.69 Å². The van der Waals surface area contributed by atoms with Gasteiger partial charge in [-0.15, -0.1) is 0 Å². The van der Waals surface area contributed by atoms with E-state index in [1.54, 1.807) is 6.08 Å². The number of aryl methyl sites for hydroxylation is 1. The first kappa shape index (κ1) is 7.73. The molecule has 56 valence electrons. The minimum absolute atomic E-state index is 0.977. The summed E-state index contributed by atoms with van der Waals surface area (Å²) >= 11 is 0. The maximum atomic E-state index is 4.28. The Bertz CT molecular complexity index is 274. The smallest absolute Gasteiger partial charge is 0.0632 e. The summed E-state index contributed by atoms with van der Waals surface area (Å²) in [5.74, 6) is 0. The minimum Gasteiger partial charge on any atom is -0.254 e. The van der Waals surface area contributed by atoms with Crippen molar-refractivity contribution < 1.29 is 0 Å². The highest BCUT2D eigenvalue weighted by molar-refractivity contribution is 5.46. The van der Waals surface area contributed by atoms with Gasteiger partial charge in [-0.3, -0.25) is 4.98 Å². The largest absolute Gasteiger partial charge is 0.254 e. The lowest BCUT2D eigenvalue weighted by Crippen LogP contribution is -1.82. The molecule has 11 heavy (non-hydrogen) atoms. The number of aromatic nitrogens is 1. The molecule has 0 radical (unpaired) electrons. The molecule has 1 nitrogen and oxygen atoms in total. The topological polar surface area (TPSA) is 12.9 Å². The summed E-state index contributed by atoms with van der Waals surface area (Å²) in [5, 5.41) is 0. The Hall–Kier alpha value is -1.37. The molecule has 0 fully saturated rings. The Morgan fingerprint density at radius 1 is 1.45 bits per heavy atom. The molecular formula is C10H11N. The van der Waals surface area contributed by atoms with Gasteiger partial charge in [-0.25, -0.2) is 0 Å². The molecule has 0 spiro atoms. The van der Waals surface area contributed by atoms with Crippen LogP contribution in [0.5, 0.6) is 0 Å². The molecule has 0 aliphatic heterocycles. The van der Waals surface area contributed by atoms with Crippen LogP contribution in [0.15, 0.2) is 36.9 Å². The van der Waals surface area contributed by atoms with E-state index in [0.29, 0.717) is 0 Å². The third-order valence-electron chi connectivity index (χ3n) is 1.31. The van der Waals surface area contributed by atoms with E-state index in [0.717, 1.165) is 11.4 Å². The lowest BCUT2D eigenvalue weighted by atomic mass is 10.3. The molecule has 1 heteroatoms. The van der Waals surface area contributed by atoms with Crippen molar-refractivity contribution in [1.29, 1.82) is 0 Å². The maximum absolute atomic E-state index is 4.28. The normalized spacial score (nSPS) is 10.3. The first-order valence-electron chi connectivity index (χ1n) is 3.55. The number of pyridine rings is 1. The van der Waals surface area contributed by atoms with Gasteiger partial charge >= 0.3 is 0 Å². The predicted molar refractivity (Wildman–Crippen MR) is 48.2 cm³/mol. The minimum atomic E-state index is 0.977. The SMILES string of the molecule is C=C/C=C/c1cccc(C)n1. The van der Waals surface area contributed by atoms with Gasteiger partial charge in [0, 0.05) is 5.69 Å². The van der Waals surface area contributed by atoms with Gasteiger partial charge in [0.1, 0.15) is 0 Å². The molecule has 1 aromatic rings. The molecule has 0 saturated heterocycles. The van der Waals surface area contributed by atoms with E-state index < -0.39 is 0 Å². The Balaban J connectivity index is 2.87. The number of nitrogens with zero attached hydrogens (tertiary/aromatic N) is 1. The molecule has 0 aromatic carbocycles. The van der Waals surface area contributed by atoms with Crippen molar-refractivity contribution >= 4 is 6.08 Å². The van der Waals surface area contributed by atoms with Gasteiger partial charge < -0.3 is 0 Å². The van der Waals surface area contributed by atoms with E-state index in [1.165, 1.54) is 0 Å². The van der Waals surface area contributed by atoms with E-state index in [4.69, 9.17) is 0 Å². The van der Waals surface area contributed by atoms with Gasteiger partial charge in [-0.05, 0) is 25.1 Å².